The normalized spacial score (nSPS) is 20.7. The molecule has 1 unspecified atom stereocenters. The lowest BCUT2D eigenvalue weighted by Gasteiger charge is -2.07. The second-order valence-electron chi connectivity index (χ2n) is 3.92. The summed E-state index contributed by atoms with van der Waals surface area (Å²) < 4.78 is 0.761. The van der Waals surface area contributed by atoms with Crippen LogP contribution in [0, 0.1) is 0 Å². The van der Waals surface area contributed by atoms with Gasteiger partial charge < -0.3 is 5.32 Å². The van der Waals surface area contributed by atoms with E-state index in [0.29, 0.717) is 24.7 Å². The van der Waals surface area contributed by atoms with Gasteiger partial charge in [-0.05, 0) is 31.5 Å². The molecule has 82 valence electrons. The second-order valence-corrected chi connectivity index (χ2v) is 5.72. The van der Waals surface area contributed by atoms with Crippen LogP contribution in [0.5, 0.6) is 0 Å². The Hall–Kier alpha value is -0.380. The van der Waals surface area contributed by atoms with Crippen molar-refractivity contribution in [2.45, 2.75) is 31.7 Å². The Labute approximate surface area is 98.6 Å². The monoisotopic (exact) mass is 243 g/mol. The Morgan fingerprint density at radius 3 is 3.07 bits per heavy atom. The number of hydrogen-bond donors (Lipinski definition) is 1. The molecule has 1 atom stereocenters. The van der Waals surface area contributed by atoms with Gasteiger partial charge in [0.15, 0.2) is 0 Å². The second kappa shape index (κ2) is 5.10. The lowest BCUT2D eigenvalue weighted by molar-refractivity contribution is -0.118. The number of hydrogen-bond acceptors (Lipinski definition) is 3. The number of carbonyl (C=O) groups excluding carboxylic acids is 1. The van der Waals surface area contributed by atoms with Crippen LogP contribution in [0.1, 0.15) is 24.1 Å². The Morgan fingerprint density at radius 1 is 1.60 bits per heavy atom. The van der Waals surface area contributed by atoms with Crippen molar-refractivity contribution in [2.75, 3.05) is 6.54 Å². The maximum Gasteiger partial charge on any atom is 0.139 e. The molecule has 15 heavy (non-hydrogen) atoms. The first-order valence-corrected chi connectivity index (χ1v) is 6.43. The first-order chi connectivity index (χ1) is 7.24. The van der Waals surface area contributed by atoms with Crippen LogP contribution in [0.2, 0.25) is 4.34 Å². The smallest absolute Gasteiger partial charge is 0.139 e. The van der Waals surface area contributed by atoms with Crippen molar-refractivity contribution < 1.29 is 4.79 Å². The molecule has 1 aromatic rings. The lowest BCUT2D eigenvalue weighted by atomic mass is 10.1. The fourth-order valence-corrected chi connectivity index (χ4v) is 3.04. The van der Waals surface area contributed by atoms with Gasteiger partial charge in [-0.2, -0.15) is 0 Å². The summed E-state index contributed by atoms with van der Waals surface area (Å²) in [5.74, 6) is 0.313. The van der Waals surface area contributed by atoms with Gasteiger partial charge in [-0.1, -0.05) is 11.6 Å². The zero-order chi connectivity index (χ0) is 10.7. The standard InChI is InChI=1S/C11H14ClNOS/c12-11-4-3-10(15-11)7-9(14)6-8-2-1-5-13-8/h3-4,8,13H,1-2,5-7H2. The van der Waals surface area contributed by atoms with Gasteiger partial charge in [0.2, 0.25) is 0 Å². The number of halogens is 1. The number of carbonyl (C=O) groups is 1. The molecule has 1 saturated heterocycles. The molecular formula is C11H14ClNOS. The van der Waals surface area contributed by atoms with Crippen molar-refractivity contribution in [3.05, 3.63) is 21.3 Å². The molecule has 2 heterocycles. The van der Waals surface area contributed by atoms with Crippen LogP contribution in [-0.2, 0) is 11.2 Å². The Morgan fingerprint density at radius 2 is 2.47 bits per heavy atom. The van der Waals surface area contributed by atoms with Gasteiger partial charge in [0.25, 0.3) is 0 Å². The third-order valence-corrected chi connectivity index (χ3v) is 3.87. The van der Waals surface area contributed by atoms with Crippen molar-refractivity contribution >= 4 is 28.7 Å². The molecule has 1 fully saturated rings. The molecule has 1 aliphatic heterocycles. The minimum Gasteiger partial charge on any atom is -0.314 e. The zero-order valence-electron chi connectivity index (χ0n) is 8.46. The predicted molar refractivity (Wildman–Crippen MR) is 63.7 cm³/mol. The molecule has 2 nitrogen and oxygen atoms in total. The molecule has 1 aliphatic rings. The lowest BCUT2D eigenvalue weighted by Crippen LogP contribution is -2.25. The van der Waals surface area contributed by atoms with Crippen molar-refractivity contribution in [2.24, 2.45) is 0 Å². The van der Waals surface area contributed by atoms with E-state index in [0.717, 1.165) is 22.2 Å². The maximum absolute atomic E-state index is 11.7. The molecule has 0 radical (unpaired) electrons. The highest BCUT2D eigenvalue weighted by molar-refractivity contribution is 7.16. The van der Waals surface area contributed by atoms with Crippen molar-refractivity contribution in [3.63, 3.8) is 0 Å². The van der Waals surface area contributed by atoms with Crippen molar-refractivity contribution in [1.29, 1.82) is 0 Å². The van der Waals surface area contributed by atoms with E-state index in [1.807, 2.05) is 12.1 Å². The topological polar surface area (TPSA) is 29.1 Å². The number of Topliss-reactive ketones (excluding diaryl/α,β-unsaturated/α-hetero) is 1. The molecule has 4 heteroatoms. The summed E-state index contributed by atoms with van der Waals surface area (Å²) in [6.45, 7) is 1.06. The quantitative estimate of drug-likeness (QED) is 0.881. The van der Waals surface area contributed by atoms with E-state index in [1.165, 1.54) is 17.8 Å². The number of nitrogens with one attached hydrogen (secondary N) is 1. The highest BCUT2D eigenvalue weighted by Crippen LogP contribution is 2.22. The molecular weight excluding hydrogens is 230 g/mol. The van der Waals surface area contributed by atoms with Crippen LogP contribution < -0.4 is 5.32 Å². The van der Waals surface area contributed by atoms with Gasteiger partial charge in [-0.3, -0.25) is 4.79 Å². The summed E-state index contributed by atoms with van der Waals surface area (Å²) in [5.41, 5.74) is 0. The Balaban J connectivity index is 1.81. The van der Waals surface area contributed by atoms with E-state index in [1.54, 1.807) is 0 Å². The zero-order valence-corrected chi connectivity index (χ0v) is 10.0. The van der Waals surface area contributed by atoms with Crippen LogP contribution in [-0.4, -0.2) is 18.4 Å². The molecule has 2 rings (SSSR count). The van der Waals surface area contributed by atoms with Crippen LogP contribution >= 0.6 is 22.9 Å². The van der Waals surface area contributed by atoms with E-state index >= 15 is 0 Å². The highest BCUT2D eigenvalue weighted by Gasteiger charge is 2.17. The summed E-state index contributed by atoms with van der Waals surface area (Å²) in [7, 11) is 0. The van der Waals surface area contributed by atoms with Gasteiger partial charge in [-0.25, -0.2) is 0 Å². The molecule has 0 aliphatic carbocycles. The molecule has 0 amide bonds. The van der Waals surface area contributed by atoms with E-state index in [4.69, 9.17) is 11.6 Å². The van der Waals surface area contributed by atoms with Crippen molar-refractivity contribution in [1.82, 2.24) is 5.32 Å². The minimum atomic E-state index is 0.313. The number of rotatable bonds is 4. The van der Waals surface area contributed by atoms with Crippen LogP contribution in [0.25, 0.3) is 0 Å². The van der Waals surface area contributed by atoms with E-state index in [-0.39, 0.29) is 0 Å². The molecule has 0 bridgehead atoms. The van der Waals surface area contributed by atoms with E-state index in [2.05, 4.69) is 5.32 Å². The van der Waals surface area contributed by atoms with Crippen LogP contribution in [0.4, 0.5) is 0 Å². The van der Waals surface area contributed by atoms with Gasteiger partial charge in [-0.15, -0.1) is 11.3 Å². The molecule has 0 spiro atoms. The van der Waals surface area contributed by atoms with E-state index < -0.39 is 0 Å². The maximum atomic E-state index is 11.7. The molecule has 1 aromatic heterocycles. The van der Waals surface area contributed by atoms with Crippen molar-refractivity contribution in [3.8, 4) is 0 Å². The summed E-state index contributed by atoms with van der Waals surface area (Å²) in [6.07, 6.45) is 3.53. The van der Waals surface area contributed by atoms with Gasteiger partial charge in [0.05, 0.1) is 4.34 Å². The predicted octanol–water partition coefficient (Wildman–Crippen LogP) is 2.66. The number of thiophene rings is 1. The van der Waals surface area contributed by atoms with Crippen LogP contribution in [0.15, 0.2) is 12.1 Å². The largest absolute Gasteiger partial charge is 0.314 e. The first-order valence-electron chi connectivity index (χ1n) is 5.23. The van der Waals surface area contributed by atoms with E-state index in [9.17, 15) is 4.79 Å². The Kier molecular flexibility index (Phi) is 3.78. The number of ketones is 1. The minimum absolute atomic E-state index is 0.313. The fraction of sp³-hybridized carbons (Fsp3) is 0.545. The van der Waals surface area contributed by atoms with Gasteiger partial charge in [0, 0.05) is 23.8 Å². The highest BCUT2D eigenvalue weighted by atomic mass is 35.5. The molecule has 0 saturated carbocycles. The molecule has 0 aromatic carbocycles. The third-order valence-electron chi connectivity index (χ3n) is 2.64. The summed E-state index contributed by atoms with van der Waals surface area (Å²) in [6, 6.07) is 4.20. The summed E-state index contributed by atoms with van der Waals surface area (Å²) >= 11 is 7.31. The average Bonchev–Trinajstić information content (AvgIpc) is 2.77. The molecule has 1 N–H and O–H groups in total. The third kappa shape index (κ3) is 3.30. The Bertz CT molecular complexity index is 344. The average molecular weight is 244 g/mol. The van der Waals surface area contributed by atoms with Gasteiger partial charge >= 0.3 is 0 Å². The van der Waals surface area contributed by atoms with Crippen LogP contribution in [0.3, 0.4) is 0 Å². The van der Waals surface area contributed by atoms with Gasteiger partial charge in [0.1, 0.15) is 5.78 Å². The fourth-order valence-electron chi connectivity index (χ4n) is 1.92. The first kappa shape index (κ1) is 11.1. The SMILES string of the molecule is O=C(Cc1ccc(Cl)s1)CC1CCCN1. The summed E-state index contributed by atoms with van der Waals surface area (Å²) in [4.78, 5) is 12.8. The summed E-state index contributed by atoms with van der Waals surface area (Å²) in [5, 5.41) is 3.33.